The minimum absolute atomic E-state index is 0.180. The fourth-order valence-electron chi connectivity index (χ4n) is 2.87. The van der Waals surface area contributed by atoms with E-state index in [1.165, 1.54) is 36.0 Å². The van der Waals surface area contributed by atoms with Crippen molar-refractivity contribution >= 4 is 6.08 Å². The molecule has 1 heterocycles. The molecular weight excluding hydrogens is 268 g/mol. The zero-order valence-corrected chi connectivity index (χ0v) is 14.6. The Kier molecular flexibility index (Phi) is 5.88. The lowest BCUT2D eigenvalue weighted by molar-refractivity contribution is 0.128. The van der Waals surface area contributed by atoms with Crippen LogP contribution in [-0.2, 0) is 6.42 Å². The molecule has 0 saturated heterocycles. The van der Waals surface area contributed by atoms with Crippen LogP contribution in [0.25, 0.3) is 6.08 Å². The summed E-state index contributed by atoms with van der Waals surface area (Å²) in [6.07, 6.45) is 13.8. The van der Waals surface area contributed by atoms with E-state index in [0.29, 0.717) is 0 Å². The van der Waals surface area contributed by atoms with E-state index in [4.69, 9.17) is 4.74 Å². The first-order valence-corrected chi connectivity index (χ1v) is 8.67. The van der Waals surface area contributed by atoms with Gasteiger partial charge in [0.1, 0.15) is 11.4 Å². The molecular formula is C21H30O. The van der Waals surface area contributed by atoms with Crippen molar-refractivity contribution in [2.75, 3.05) is 0 Å². The van der Waals surface area contributed by atoms with Crippen LogP contribution in [0.1, 0.15) is 70.9 Å². The molecule has 1 aromatic rings. The number of hydrogen-bond donors (Lipinski definition) is 0. The van der Waals surface area contributed by atoms with E-state index in [0.717, 1.165) is 25.0 Å². The van der Waals surface area contributed by atoms with Crippen LogP contribution >= 0.6 is 0 Å². The van der Waals surface area contributed by atoms with Gasteiger partial charge in [0.25, 0.3) is 0 Å². The van der Waals surface area contributed by atoms with Crippen molar-refractivity contribution in [3.05, 3.63) is 47.1 Å². The largest absolute Gasteiger partial charge is 0.483 e. The topological polar surface area (TPSA) is 9.23 Å². The highest BCUT2D eigenvalue weighted by molar-refractivity contribution is 5.61. The Morgan fingerprint density at radius 1 is 1.23 bits per heavy atom. The van der Waals surface area contributed by atoms with Gasteiger partial charge in [0.2, 0.25) is 0 Å². The Morgan fingerprint density at radius 3 is 2.77 bits per heavy atom. The average molecular weight is 298 g/mol. The van der Waals surface area contributed by atoms with Crippen molar-refractivity contribution in [1.82, 2.24) is 0 Å². The quantitative estimate of drug-likeness (QED) is 0.422. The molecule has 120 valence electrons. The lowest BCUT2D eigenvalue weighted by Crippen LogP contribution is -2.31. The summed E-state index contributed by atoms with van der Waals surface area (Å²) in [6.45, 7) is 8.74. The molecule has 2 rings (SSSR count). The maximum Gasteiger partial charge on any atom is 0.128 e. The molecule has 1 heteroatoms. The van der Waals surface area contributed by atoms with Crippen molar-refractivity contribution in [2.24, 2.45) is 0 Å². The Labute approximate surface area is 136 Å². The second-order valence-corrected chi connectivity index (χ2v) is 6.90. The lowest BCUT2D eigenvalue weighted by Gasteiger charge is -2.31. The minimum Gasteiger partial charge on any atom is -0.483 e. The van der Waals surface area contributed by atoms with Crippen molar-refractivity contribution in [3.8, 4) is 5.75 Å². The lowest BCUT2D eigenvalue weighted by atomic mass is 9.94. The van der Waals surface area contributed by atoms with Crippen LogP contribution in [0, 0.1) is 0 Å². The molecule has 1 unspecified atom stereocenters. The molecule has 0 N–H and O–H groups in total. The van der Waals surface area contributed by atoms with Gasteiger partial charge in [-0.1, -0.05) is 49.6 Å². The van der Waals surface area contributed by atoms with Crippen LogP contribution in [0.2, 0.25) is 0 Å². The van der Waals surface area contributed by atoms with Gasteiger partial charge < -0.3 is 4.74 Å². The molecule has 0 spiro atoms. The third kappa shape index (κ3) is 4.76. The van der Waals surface area contributed by atoms with Gasteiger partial charge in [-0.15, -0.1) is 0 Å². The van der Waals surface area contributed by atoms with E-state index in [9.17, 15) is 0 Å². The van der Waals surface area contributed by atoms with E-state index >= 15 is 0 Å². The van der Waals surface area contributed by atoms with Crippen molar-refractivity contribution in [2.45, 2.75) is 71.8 Å². The van der Waals surface area contributed by atoms with Crippen LogP contribution in [0.3, 0.4) is 0 Å². The SMILES string of the molecule is CCCCCc1ccc2c(c1)OC(C)(CCC=C(C)C)C=C2. The zero-order valence-electron chi connectivity index (χ0n) is 14.6. The van der Waals surface area contributed by atoms with E-state index < -0.39 is 0 Å². The Balaban J connectivity index is 2.04. The number of hydrogen-bond acceptors (Lipinski definition) is 1. The molecule has 1 atom stereocenters. The molecule has 1 nitrogen and oxygen atoms in total. The molecule has 0 saturated carbocycles. The molecule has 0 fully saturated rings. The zero-order chi connectivity index (χ0) is 16.0. The third-order valence-corrected chi connectivity index (χ3v) is 4.30. The van der Waals surface area contributed by atoms with Gasteiger partial charge in [-0.25, -0.2) is 0 Å². The highest BCUT2D eigenvalue weighted by atomic mass is 16.5. The monoisotopic (exact) mass is 298 g/mol. The average Bonchev–Trinajstić information content (AvgIpc) is 2.46. The molecule has 1 aliphatic rings. The smallest absolute Gasteiger partial charge is 0.128 e. The predicted molar refractivity (Wildman–Crippen MR) is 96.4 cm³/mol. The Bertz CT molecular complexity index is 549. The third-order valence-electron chi connectivity index (χ3n) is 4.30. The van der Waals surface area contributed by atoms with Gasteiger partial charge >= 0.3 is 0 Å². The number of allylic oxidation sites excluding steroid dienone is 2. The van der Waals surface area contributed by atoms with E-state index in [2.05, 4.69) is 64.1 Å². The van der Waals surface area contributed by atoms with Crippen molar-refractivity contribution in [3.63, 3.8) is 0 Å². The van der Waals surface area contributed by atoms with Gasteiger partial charge in [0, 0.05) is 5.56 Å². The summed E-state index contributed by atoms with van der Waals surface area (Å²) >= 11 is 0. The number of benzene rings is 1. The molecule has 1 aromatic carbocycles. The second-order valence-electron chi connectivity index (χ2n) is 6.90. The summed E-state index contributed by atoms with van der Waals surface area (Å²) in [5.41, 5.74) is 3.80. The number of unbranched alkanes of at least 4 members (excludes halogenated alkanes) is 2. The normalized spacial score (nSPS) is 19.5. The summed E-state index contributed by atoms with van der Waals surface area (Å²) in [6, 6.07) is 6.68. The standard InChI is InChI=1S/C21H30O/c1-5-6-7-10-18-11-12-19-13-15-21(4,22-20(19)16-18)14-8-9-17(2)3/h9,11-13,15-16H,5-8,10,14H2,1-4H3. The molecule has 0 amide bonds. The minimum atomic E-state index is -0.180. The summed E-state index contributed by atoms with van der Waals surface area (Å²) in [5.74, 6) is 1.05. The summed E-state index contributed by atoms with van der Waals surface area (Å²) in [4.78, 5) is 0. The fraction of sp³-hybridized carbons (Fsp3) is 0.524. The first kappa shape index (κ1) is 16.9. The second kappa shape index (κ2) is 7.67. The molecule has 22 heavy (non-hydrogen) atoms. The Morgan fingerprint density at radius 2 is 2.05 bits per heavy atom. The predicted octanol–water partition coefficient (Wildman–Crippen LogP) is 6.33. The van der Waals surface area contributed by atoms with Gasteiger partial charge in [-0.2, -0.15) is 0 Å². The number of aryl methyl sites for hydroxylation is 1. The van der Waals surface area contributed by atoms with Crippen LogP contribution < -0.4 is 4.74 Å². The van der Waals surface area contributed by atoms with Crippen LogP contribution in [0.5, 0.6) is 5.75 Å². The summed E-state index contributed by atoms with van der Waals surface area (Å²) < 4.78 is 6.33. The van der Waals surface area contributed by atoms with Crippen LogP contribution in [0.4, 0.5) is 0 Å². The van der Waals surface area contributed by atoms with Crippen LogP contribution in [0.15, 0.2) is 35.9 Å². The summed E-state index contributed by atoms with van der Waals surface area (Å²) in [7, 11) is 0. The van der Waals surface area contributed by atoms with E-state index in [1.54, 1.807) is 0 Å². The van der Waals surface area contributed by atoms with Gasteiger partial charge in [0.05, 0.1) is 0 Å². The van der Waals surface area contributed by atoms with E-state index in [1.807, 2.05) is 0 Å². The van der Waals surface area contributed by atoms with Gasteiger partial charge in [-0.05, 0) is 64.2 Å². The number of fused-ring (bicyclic) bond motifs is 1. The van der Waals surface area contributed by atoms with E-state index in [-0.39, 0.29) is 5.60 Å². The molecule has 0 aromatic heterocycles. The number of ether oxygens (including phenoxy) is 1. The maximum atomic E-state index is 6.33. The number of rotatable bonds is 7. The molecule has 1 aliphatic heterocycles. The van der Waals surface area contributed by atoms with Crippen LogP contribution in [-0.4, -0.2) is 5.60 Å². The first-order valence-electron chi connectivity index (χ1n) is 8.67. The van der Waals surface area contributed by atoms with Gasteiger partial charge in [0.15, 0.2) is 0 Å². The highest BCUT2D eigenvalue weighted by Crippen LogP contribution is 2.34. The Hall–Kier alpha value is -1.50. The first-order chi connectivity index (χ1) is 10.5. The molecule has 0 aliphatic carbocycles. The van der Waals surface area contributed by atoms with Crippen molar-refractivity contribution in [1.29, 1.82) is 0 Å². The van der Waals surface area contributed by atoms with Gasteiger partial charge in [-0.3, -0.25) is 0 Å². The molecule has 0 radical (unpaired) electrons. The maximum absolute atomic E-state index is 6.33. The fourth-order valence-corrected chi connectivity index (χ4v) is 2.87. The highest BCUT2D eigenvalue weighted by Gasteiger charge is 2.26. The summed E-state index contributed by atoms with van der Waals surface area (Å²) in [5, 5.41) is 0. The van der Waals surface area contributed by atoms with Crippen molar-refractivity contribution < 1.29 is 4.74 Å². The molecule has 0 bridgehead atoms.